The summed E-state index contributed by atoms with van der Waals surface area (Å²) in [6, 6.07) is 6.73. The number of thioether (sulfide) groups is 1. The summed E-state index contributed by atoms with van der Waals surface area (Å²) >= 11 is 1.28. The Labute approximate surface area is 259 Å². The van der Waals surface area contributed by atoms with Crippen molar-refractivity contribution in [2.75, 3.05) is 45.8 Å². The highest BCUT2D eigenvalue weighted by atomic mass is 32.3. The number of carbonyl (C=O) groups is 1. The molecule has 43 heavy (non-hydrogen) atoms. The van der Waals surface area contributed by atoms with Gasteiger partial charge >= 0.3 is 0 Å². The number of hydrogen-bond donors (Lipinski definition) is 0. The molecule has 0 N–H and O–H groups in total. The highest BCUT2D eigenvalue weighted by Crippen LogP contribution is 2.37. The number of hydrogen-bond acceptors (Lipinski definition) is 7. The van der Waals surface area contributed by atoms with Crippen LogP contribution in [0.4, 0.5) is 4.39 Å². The number of rotatable bonds is 11. The van der Waals surface area contributed by atoms with Gasteiger partial charge in [-0.25, -0.2) is 17.8 Å². The minimum absolute atomic E-state index is 0.00376. The zero-order chi connectivity index (χ0) is 30.6. The SMILES string of the molecule is CC=C(SC(=CCCC)N1CC(=O)N2CCCC2C1)S(=O)(=O)N1CCN(Cc2cncn2C(C)c2ccc(F)cc2)CC1. The van der Waals surface area contributed by atoms with Gasteiger partial charge in [0.1, 0.15) is 10.1 Å². The molecule has 0 bridgehead atoms. The van der Waals surface area contributed by atoms with Gasteiger partial charge in [0.05, 0.1) is 29.6 Å². The van der Waals surface area contributed by atoms with Gasteiger partial charge < -0.3 is 14.4 Å². The monoisotopic (exact) mass is 630 g/mol. The first-order valence-electron chi connectivity index (χ1n) is 15.3. The molecule has 2 unspecified atom stereocenters. The summed E-state index contributed by atoms with van der Waals surface area (Å²) < 4.78 is 45.1. The minimum atomic E-state index is -3.69. The van der Waals surface area contributed by atoms with Crippen LogP contribution in [0, 0.1) is 5.82 Å². The number of sulfonamides is 1. The van der Waals surface area contributed by atoms with Crippen molar-refractivity contribution >= 4 is 27.7 Å². The molecule has 4 heterocycles. The van der Waals surface area contributed by atoms with Gasteiger partial charge in [-0.15, -0.1) is 0 Å². The highest BCUT2D eigenvalue weighted by molar-refractivity contribution is 8.20. The lowest BCUT2D eigenvalue weighted by atomic mass is 10.1. The fourth-order valence-corrected chi connectivity index (χ4v) is 9.13. The molecule has 3 saturated heterocycles. The van der Waals surface area contributed by atoms with E-state index < -0.39 is 10.0 Å². The van der Waals surface area contributed by atoms with E-state index in [2.05, 4.69) is 39.3 Å². The molecule has 9 nitrogen and oxygen atoms in total. The van der Waals surface area contributed by atoms with Crippen LogP contribution in [0.5, 0.6) is 0 Å². The number of imidazole rings is 1. The van der Waals surface area contributed by atoms with Crippen molar-refractivity contribution < 1.29 is 17.6 Å². The van der Waals surface area contributed by atoms with Crippen LogP contribution in [0.25, 0.3) is 0 Å². The number of allylic oxidation sites excluding steroid dienone is 2. The van der Waals surface area contributed by atoms with Crippen molar-refractivity contribution in [1.82, 2.24) is 28.6 Å². The maximum absolute atomic E-state index is 13.9. The van der Waals surface area contributed by atoms with E-state index in [-0.39, 0.29) is 23.8 Å². The van der Waals surface area contributed by atoms with Crippen LogP contribution < -0.4 is 0 Å². The molecular formula is C31H43FN6O3S2. The second-order valence-corrected chi connectivity index (χ2v) is 14.7. The third-order valence-corrected chi connectivity index (χ3v) is 12.4. The third kappa shape index (κ3) is 7.19. The van der Waals surface area contributed by atoms with Gasteiger partial charge in [-0.05, 0) is 50.8 Å². The first kappa shape index (κ1) is 31.7. The lowest BCUT2D eigenvalue weighted by Gasteiger charge is -2.39. The van der Waals surface area contributed by atoms with E-state index >= 15 is 0 Å². The number of nitrogens with zero attached hydrogens (tertiary/aromatic N) is 6. The first-order valence-corrected chi connectivity index (χ1v) is 17.5. The van der Waals surface area contributed by atoms with Crippen LogP contribution >= 0.6 is 11.8 Å². The molecule has 0 radical (unpaired) electrons. The zero-order valence-electron chi connectivity index (χ0n) is 25.4. The molecule has 1 aromatic heterocycles. The number of aromatic nitrogens is 2. The average molecular weight is 631 g/mol. The van der Waals surface area contributed by atoms with E-state index in [1.54, 1.807) is 35.8 Å². The number of carbonyl (C=O) groups excluding carboxylic acids is 1. The van der Waals surface area contributed by atoms with Crippen molar-refractivity contribution in [3.05, 3.63) is 75.3 Å². The molecule has 3 aliphatic heterocycles. The zero-order valence-corrected chi connectivity index (χ0v) is 27.0. The molecule has 3 fully saturated rings. The molecular weight excluding hydrogens is 588 g/mol. The number of unbranched alkanes of at least 4 members (excludes halogenated alkanes) is 1. The molecule has 3 aliphatic rings. The molecule has 12 heteroatoms. The normalized spacial score (nSPS) is 21.9. The highest BCUT2D eigenvalue weighted by Gasteiger charge is 2.38. The summed E-state index contributed by atoms with van der Waals surface area (Å²) in [7, 11) is -3.69. The Hall–Kier alpha value is -2.67. The van der Waals surface area contributed by atoms with E-state index in [1.165, 1.54) is 23.9 Å². The minimum Gasteiger partial charge on any atom is -0.355 e. The van der Waals surface area contributed by atoms with E-state index in [9.17, 15) is 17.6 Å². The Kier molecular flexibility index (Phi) is 10.3. The standard InChI is InChI=1S/C31H43FN6O3S2/c1-4-6-9-30(35-21-27-8-7-14-37(27)29(39)22-35)42-31(5-2)43(40,41)36-17-15-34(16-18-36)20-28-19-33-23-38(28)24(3)25-10-12-26(32)13-11-25/h5,9-13,19,23-24,27H,4,6-8,14-18,20-22H2,1-3H3. The topological polar surface area (TPSA) is 82.0 Å². The predicted molar refractivity (Wildman–Crippen MR) is 169 cm³/mol. The van der Waals surface area contributed by atoms with Crippen molar-refractivity contribution in [2.45, 2.75) is 65.1 Å². The number of amides is 1. The summed E-state index contributed by atoms with van der Waals surface area (Å²) in [5, 5.41) is 0.862. The van der Waals surface area contributed by atoms with E-state index in [0.717, 1.165) is 55.1 Å². The molecule has 2 atom stereocenters. The molecule has 234 valence electrons. The maximum Gasteiger partial charge on any atom is 0.249 e. The Morgan fingerprint density at radius 3 is 2.60 bits per heavy atom. The Morgan fingerprint density at radius 2 is 1.91 bits per heavy atom. The number of halogens is 1. The quantitative estimate of drug-likeness (QED) is 0.359. The van der Waals surface area contributed by atoms with Gasteiger partial charge in [0.15, 0.2) is 0 Å². The summed E-state index contributed by atoms with van der Waals surface area (Å²) in [5.41, 5.74) is 2.02. The number of fused-ring (bicyclic) bond motifs is 1. The van der Waals surface area contributed by atoms with E-state index in [0.29, 0.717) is 43.5 Å². The molecule has 0 spiro atoms. The molecule has 0 saturated carbocycles. The second kappa shape index (κ2) is 14.0. The van der Waals surface area contributed by atoms with Crippen LogP contribution in [-0.2, 0) is 21.4 Å². The van der Waals surface area contributed by atoms with Gasteiger partial charge in [-0.3, -0.25) is 9.69 Å². The Bertz CT molecular complexity index is 1430. The van der Waals surface area contributed by atoms with Gasteiger partial charge in [0.2, 0.25) is 15.9 Å². The molecule has 1 amide bonds. The summed E-state index contributed by atoms with van der Waals surface area (Å²) in [4.78, 5) is 23.5. The lowest BCUT2D eigenvalue weighted by Crippen LogP contribution is -2.53. The fourth-order valence-electron chi connectivity index (χ4n) is 6.15. The van der Waals surface area contributed by atoms with Crippen LogP contribution in [0.15, 0.2) is 58.2 Å². The fraction of sp³-hybridized carbons (Fsp3) is 0.548. The molecule has 1 aromatic carbocycles. The van der Waals surface area contributed by atoms with Crippen LogP contribution in [0.3, 0.4) is 0 Å². The predicted octanol–water partition coefficient (Wildman–Crippen LogP) is 4.62. The van der Waals surface area contributed by atoms with Crippen molar-refractivity contribution in [1.29, 1.82) is 0 Å². The third-order valence-electron chi connectivity index (χ3n) is 8.64. The van der Waals surface area contributed by atoms with E-state index in [4.69, 9.17) is 0 Å². The summed E-state index contributed by atoms with van der Waals surface area (Å²) in [6.07, 6.45) is 11.2. The van der Waals surface area contributed by atoms with Crippen molar-refractivity contribution in [3.8, 4) is 0 Å². The molecule has 0 aliphatic carbocycles. The summed E-state index contributed by atoms with van der Waals surface area (Å²) in [6.45, 7) is 10.5. The van der Waals surface area contributed by atoms with Crippen molar-refractivity contribution in [3.63, 3.8) is 0 Å². The van der Waals surface area contributed by atoms with Crippen LogP contribution in [-0.4, -0.2) is 94.7 Å². The molecule has 2 aromatic rings. The number of piperazine rings is 2. The average Bonchev–Trinajstić information content (AvgIpc) is 3.67. The largest absolute Gasteiger partial charge is 0.355 e. The van der Waals surface area contributed by atoms with Crippen LogP contribution in [0.1, 0.15) is 63.8 Å². The second-order valence-electron chi connectivity index (χ2n) is 11.5. The maximum atomic E-state index is 13.9. The Balaban J connectivity index is 1.22. The van der Waals surface area contributed by atoms with Gasteiger partial charge in [0, 0.05) is 58.1 Å². The van der Waals surface area contributed by atoms with Gasteiger partial charge in [0.25, 0.3) is 0 Å². The van der Waals surface area contributed by atoms with Crippen molar-refractivity contribution in [2.24, 2.45) is 0 Å². The number of benzene rings is 1. The lowest BCUT2D eigenvalue weighted by molar-refractivity contribution is -0.136. The smallest absolute Gasteiger partial charge is 0.249 e. The Morgan fingerprint density at radius 1 is 1.16 bits per heavy atom. The van der Waals surface area contributed by atoms with E-state index in [1.807, 2.05) is 11.1 Å². The molecule has 5 rings (SSSR count). The summed E-state index contributed by atoms with van der Waals surface area (Å²) in [5.74, 6) is -0.129. The first-order chi connectivity index (χ1) is 20.7. The van der Waals surface area contributed by atoms with Gasteiger partial charge in [-0.2, -0.15) is 4.31 Å². The van der Waals surface area contributed by atoms with Gasteiger partial charge in [-0.1, -0.05) is 49.4 Å². The van der Waals surface area contributed by atoms with Crippen LogP contribution in [0.2, 0.25) is 0 Å².